The molecule has 0 atom stereocenters. The van der Waals surface area contributed by atoms with Crippen LogP contribution in [-0.2, 0) is 15.0 Å². The number of hydrogen-bond acceptors (Lipinski definition) is 3. The Labute approximate surface area is 102 Å². The van der Waals surface area contributed by atoms with Gasteiger partial charge in [0.2, 0.25) is 5.91 Å². The van der Waals surface area contributed by atoms with Crippen LogP contribution < -0.4 is 10.5 Å². The normalized spacial score (nSPS) is 23.6. The van der Waals surface area contributed by atoms with Crippen molar-refractivity contribution in [2.45, 2.75) is 25.7 Å². The number of piperidine rings is 1. The van der Waals surface area contributed by atoms with Gasteiger partial charge >= 0.3 is 0 Å². The molecule has 2 rings (SSSR count). The molecule has 0 bridgehead atoms. The van der Waals surface area contributed by atoms with Crippen LogP contribution in [0.4, 0.5) is 0 Å². The number of hydrogen-bond donors (Lipinski definition) is 2. The standard InChI is InChI=1S/C10H19N3O3S/c11-17(15,16)13-5-3-9(4-6-13)10(14)12-7-8-1-2-8/h8-9H,1-7H2,(H,12,14)(H2,11,15,16). The molecule has 1 saturated heterocycles. The minimum atomic E-state index is -3.59. The van der Waals surface area contributed by atoms with Crippen LogP contribution in [0, 0.1) is 11.8 Å². The number of nitrogens with zero attached hydrogens (tertiary/aromatic N) is 1. The number of carbonyl (C=O) groups excluding carboxylic acids is 1. The summed E-state index contributed by atoms with van der Waals surface area (Å²) < 4.78 is 23.4. The summed E-state index contributed by atoms with van der Waals surface area (Å²) in [7, 11) is -3.59. The van der Waals surface area contributed by atoms with Gasteiger partial charge in [-0.15, -0.1) is 0 Å². The number of amides is 1. The lowest BCUT2D eigenvalue weighted by atomic mass is 9.97. The molecule has 0 aromatic rings. The van der Waals surface area contributed by atoms with Gasteiger partial charge in [0.05, 0.1) is 0 Å². The van der Waals surface area contributed by atoms with Gasteiger partial charge in [0, 0.05) is 25.6 Å². The van der Waals surface area contributed by atoms with E-state index in [0.29, 0.717) is 31.8 Å². The zero-order valence-corrected chi connectivity index (χ0v) is 10.6. The summed E-state index contributed by atoms with van der Waals surface area (Å²) in [6, 6.07) is 0. The zero-order chi connectivity index (χ0) is 12.5. The number of nitrogens with one attached hydrogen (secondary N) is 1. The molecule has 2 aliphatic rings. The van der Waals surface area contributed by atoms with Gasteiger partial charge in [0.1, 0.15) is 0 Å². The van der Waals surface area contributed by atoms with Crippen LogP contribution in [-0.4, -0.2) is 38.3 Å². The van der Waals surface area contributed by atoms with Crippen LogP contribution in [0.2, 0.25) is 0 Å². The second-order valence-electron chi connectivity index (χ2n) is 4.91. The van der Waals surface area contributed by atoms with Crippen LogP contribution >= 0.6 is 0 Å². The molecule has 7 heteroatoms. The fourth-order valence-corrected chi connectivity index (χ4v) is 2.80. The maximum Gasteiger partial charge on any atom is 0.276 e. The molecule has 1 aliphatic carbocycles. The van der Waals surface area contributed by atoms with Crippen molar-refractivity contribution in [3.8, 4) is 0 Å². The zero-order valence-electron chi connectivity index (χ0n) is 9.76. The molecule has 98 valence electrons. The van der Waals surface area contributed by atoms with Crippen molar-refractivity contribution in [1.82, 2.24) is 9.62 Å². The van der Waals surface area contributed by atoms with E-state index < -0.39 is 10.2 Å². The first-order valence-electron chi connectivity index (χ1n) is 6.02. The summed E-state index contributed by atoms with van der Waals surface area (Å²) in [5.74, 6) is 0.668. The first kappa shape index (κ1) is 12.8. The summed E-state index contributed by atoms with van der Waals surface area (Å²) in [5, 5.41) is 7.97. The third-order valence-corrected chi connectivity index (χ3v) is 4.53. The lowest BCUT2D eigenvalue weighted by molar-refractivity contribution is -0.126. The minimum Gasteiger partial charge on any atom is -0.356 e. The van der Waals surface area contributed by atoms with Crippen molar-refractivity contribution < 1.29 is 13.2 Å². The van der Waals surface area contributed by atoms with Gasteiger partial charge in [-0.3, -0.25) is 4.79 Å². The number of rotatable bonds is 4. The van der Waals surface area contributed by atoms with Gasteiger partial charge in [-0.05, 0) is 31.6 Å². The second kappa shape index (κ2) is 4.91. The van der Waals surface area contributed by atoms with Crippen LogP contribution in [0.1, 0.15) is 25.7 Å². The molecule has 0 aromatic heterocycles. The van der Waals surface area contributed by atoms with Crippen molar-refractivity contribution in [2.24, 2.45) is 17.0 Å². The molecule has 0 radical (unpaired) electrons. The average molecular weight is 261 g/mol. The maximum absolute atomic E-state index is 11.8. The molecule has 6 nitrogen and oxygen atoms in total. The highest BCUT2D eigenvalue weighted by Crippen LogP contribution is 2.28. The molecule has 2 fully saturated rings. The summed E-state index contributed by atoms with van der Waals surface area (Å²) in [4.78, 5) is 11.8. The van der Waals surface area contributed by atoms with Crippen LogP contribution in [0.3, 0.4) is 0 Å². The molecular formula is C10H19N3O3S. The predicted octanol–water partition coefficient (Wildman–Crippen LogP) is -0.572. The van der Waals surface area contributed by atoms with E-state index in [0.717, 1.165) is 6.54 Å². The Bertz CT molecular complexity index is 384. The van der Waals surface area contributed by atoms with Gasteiger partial charge < -0.3 is 5.32 Å². The third-order valence-electron chi connectivity index (χ3n) is 3.45. The van der Waals surface area contributed by atoms with Crippen molar-refractivity contribution in [3.05, 3.63) is 0 Å². The molecule has 3 N–H and O–H groups in total. The van der Waals surface area contributed by atoms with Gasteiger partial charge in [-0.1, -0.05) is 0 Å². The third kappa shape index (κ3) is 3.65. The predicted molar refractivity (Wildman–Crippen MR) is 63.1 cm³/mol. The van der Waals surface area contributed by atoms with E-state index in [1.807, 2.05) is 0 Å². The maximum atomic E-state index is 11.8. The second-order valence-corrected chi connectivity index (χ2v) is 6.45. The van der Waals surface area contributed by atoms with Crippen molar-refractivity contribution >= 4 is 16.1 Å². The monoisotopic (exact) mass is 261 g/mol. The fourth-order valence-electron chi connectivity index (χ4n) is 2.08. The largest absolute Gasteiger partial charge is 0.356 e. The van der Waals surface area contributed by atoms with E-state index in [1.54, 1.807) is 0 Å². The van der Waals surface area contributed by atoms with Crippen molar-refractivity contribution in [3.63, 3.8) is 0 Å². The lowest BCUT2D eigenvalue weighted by Gasteiger charge is -2.29. The van der Waals surface area contributed by atoms with Gasteiger partial charge in [0.15, 0.2) is 0 Å². The first-order chi connectivity index (χ1) is 7.97. The topological polar surface area (TPSA) is 92.5 Å². The van der Waals surface area contributed by atoms with Gasteiger partial charge in [0.25, 0.3) is 10.2 Å². The lowest BCUT2D eigenvalue weighted by Crippen LogP contribution is -2.45. The molecule has 1 heterocycles. The molecule has 1 saturated carbocycles. The molecular weight excluding hydrogens is 242 g/mol. The van der Waals surface area contributed by atoms with Crippen LogP contribution in [0.15, 0.2) is 0 Å². The fraction of sp³-hybridized carbons (Fsp3) is 0.900. The Kier molecular flexibility index (Phi) is 3.70. The van der Waals surface area contributed by atoms with Crippen LogP contribution in [0.5, 0.6) is 0 Å². The Hall–Kier alpha value is -0.660. The molecule has 1 aliphatic heterocycles. The smallest absolute Gasteiger partial charge is 0.276 e. The van der Waals surface area contributed by atoms with Gasteiger partial charge in [-0.2, -0.15) is 12.7 Å². The summed E-state index contributed by atoms with van der Waals surface area (Å²) >= 11 is 0. The first-order valence-corrected chi connectivity index (χ1v) is 7.52. The Balaban J connectivity index is 1.75. The van der Waals surface area contributed by atoms with E-state index in [-0.39, 0.29) is 11.8 Å². The Morgan fingerprint density at radius 1 is 1.24 bits per heavy atom. The van der Waals surface area contributed by atoms with Gasteiger partial charge in [-0.25, -0.2) is 5.14 Å². The molecule has 0 spiro atoms. The molecule has 17 heavy (non-hydrogen) atoms. The van der Waals surface area contributed by atoms with Crippen molar-refractivity contribution in [1.29, 1.82) is 0 Å². The average Bonchev–Trinajstić information content (AvgIpc) is 3.09. The summed E-state index contributed by atoms with van der Waals surface area (Å²) in [6.45, 7) is 1.47. The Morgan fingerprint density at radius 2 is 1.82 bits per heavy atom. The number of nitrogens with two attached hydrogens (primary N) is 1. The van der Waals surface area contributed by atoms with E-state index in [9.17, 15) is 13.2 Å². The quantitative estimate of drug-likeness (QED) is 0.709. The number of carbonyl (C=O) groups is 1. The molecule has 0 aromatic carbocycles. The van der Waals surface area contributed by atoms with E-state index >= 15 is 0 Å². The molecule has 1 amide bonds. The van der Waals surface area contributed by atoms with Crippen molar-refractivity contribution in [2.75, 3.05) is 19.6 Å². The summed E-state index contributed by atoms with van der Waals surface area (Å²) in [5.41, 5.74) is 0. The SMILES string of the molecule is NS(=O)(=O)N1CCC(C(=O)NCC2CC2)CC1. The highest BCUT2D eigenvalue weighted by molar-refractivity contribution is 7.86. The Morgan fingerprint density at radius 3 is 2.29 bits per heavy atom. The van der Waals surface area contributed by atoms with E-state index in [1.165, 1.54) is 17.1 Å². The minimum absolute atomic E-state index is 0.0611. The highest BCUT2D eigenvalue weighted by atomic mass is 32.2. The van der Waals surface area contributed by atoms with E-state index in [4.69, 9.17) is 5.14 Å². The van der Waals surface area contributed by atoms with Crippen LogP contribution in [0.25, 0.3) is 0 Å². The molecule has 0 unspecified atom stereocenters. The van der Waals surface area contributed by atoms with E-state index in [2.05, 4.69) is 5.32 Å². The highest BCUT2D eigenvalue weighted by Gasteiger charge is 2.30. The summed E-state index contributed by atoms with van der Waals surface area (Å²) in [6.07, 6.45) is 3.55.